The van der Waals surface area contributed by atoms with Gasteiger partial charge in [0.25, 0.3) is 0 Å². The average Bonchev–Trinajstić information content (AvgIpc) is 3.22. The van der Waals surface area contributed by atoms with E-state index in [0.717, 1.165) is 5.56 Å². The first-order valence-corrected chi connectivity index (χ1v) is 11.0. The maximum absolute atomic E-state index is 14.2. The van der Waals surface area contributed by atoms with Crippen molar-refractivity contribution in [3.63, 3.8) is 0 Å². The normalized spacial score (nSPS) is 11.6. The molecule has 0 aliphatic carbocycles. The third-order valence-electron chi connectivity index (χ3n) is 4.77. The van der Waals surface area contributed by atoms with E-state index in [9.17, 15) is 12.8 Å². The van der Waals surface area contributed by atoms with Crippen molar-refractivity contribution in [2.24, 2.45) is 0 Å². The number of benzene rings is 2. The number of anilines is 1. The molecule has 9 heteroatoms. The fourth-order valence-corrected chi connectivity index (χ4v) is 3.92. The predicted octanol–water partition coefficient (Wildman–Crippen LogP) is 3.56. The first-order valence-electron chi connectivity index (χ1n) is 9.07. The molecule has 1 N–H and O–H groups in total. The van der Waals surface area contributed by atoms with Gasteiger partial charge in [0.1, 0.15) is 23.7 Å². The lowest BCUT2D eigenvalue weighted by Crippen LogP contribution is -2.07. The van der Waals surface area contributed by atoms with Gasteiger partial charge in [-0.1, -0.05) is 18.2 Å². The molecule has 0 unspecified atom stereocenters. The number of nitrogens with zero attached hydrogens (tertiary/aromatic N) is 3. The van der Waals surface area contributed by atoms with E-state index in [2.05, 4.69) is 15.5 Å². The zero-order chi connectivity index (χ0) is 21.3. The Morgan fingerprint density at radius 3 is 2.70 bits per heavy atom. The molecule has 2 aromatic heterocycles. The first-order chi connectivity index (χ1) is 14.4. The van der Waals surface area contributed by atoms with Gasteiger partial charge in [0.15, 0.2) is 15.5 Å². The lowest BCUT2D eigenvalue weighted by Gasteiger charge is -2.14. The minimum absolute atomic E-state index is 0.200. The molecule has 0 fully saturated rings. The summed E-state index contributed by atoms with van der Waals surface area (Å²) in [5.41, 5.74) is 2.39. The second-order valence-corrected chi connectivity index (χ2v) is 8.75. The second-order valence-electron chi connectivity index (χ2n) is 6.73. The third kappa shape index (κ3) is 3.71. The Morgan fingerprint density at radius 1 is 1.13 bits per heavy atom. The Hall–Kier alpha value is -3.46. The zero-order valence-corrected chi connectivity index (χ0v) is 17.1. The Labute approximate surface area is 173 Å². The molecule has 0 saturated heterocycles. The Morgan fingerprint density at radius 2 is 1.93 bits per heavy atom. The summed E-state index contributed by atoms with van der Waals surface area (Å²) in [6.07, 6.45) is 2.71. The number of hydrogen-bond donors (Lipinski definition) is 1. The molecule has 30 heavy (non-hydrogen) atoms. The van der Waals surface area contributed by atoms with E-state index < -0.39 is 9.84 Å². The summed E-state index contributed by atoms with van der Waals surface area (Å²) in [5, 5.41) is 11.3. The SMILES string of the molecule is COc1cccc(F)c1CNc1ccc(-c2cccc(S(C)(=O)=O)c2)c2nncn12. The summed E-state index contributed by atoms with van der Waals surface area (Å²) in [4.78, 5) is 0.228. The summed E-state index contributed by atoms with van der Waals surface area (Å²) in [7, 11) is -1.84. The summed E-state index contributed by atoms with van der Waals surface area (Å²) < 4.78 is 45.0. The van der Waals surface area contributed by atoms with Crippen LogP contribution in [0.25, 0.3) is 16.8 Å². The third-order valence-corrected chi connectivity index (χ3v) is 5.88. The van der Waals surface area contributed by atoms with Crippen LogP contribution in [0.5, 0.6) is 5.75 Å². The van der Waals surface area contributed by atoms with E-state index in [0.29, 0.717) is 28.3 Å². The van der Waals surface area contributed by atoms with Crippen molar-refractivity contribution >= 4 is 21.3 Å². The van der Waals surface area contributed by atoms with Gasteiger partial charge < -0.3 is 10.1 Å². The Kier molecular flexibility index (Phi) is 5.13. The average molecular weight is 426 g/mol. The number of ether oxygens (including phenoxy) is 1. The van der Waals surface area contributed by atoms with E-state index >= 15 is 0 Å². The van der Waals surface area contributed by atoms with E-state index in [1.165, 1.54) is 19.4 Å². The van der Waals surface area contributed by atoms with Crippen molar-refractivity contribution in [3.8, 4) is 16.9 Å². The maximum atomic E-state index is 14.2. The Balaban J connectivity index is 1.71. The maximum Gasteiger partial charge on any atom is 0.175 e. The van der Waals surface area contributed by atoms with Gasteiger partial charge in [-0.05, 0) is 42.0 Å². The number of nitrogens with one attached hydrogen (secondary N) is 1. The van der Waals surface area contributed by atoms with Crippen LogP contribution >= 0.6 is 0 Å². The topological polar surface area (TPSA) is 85.6 Å². The van der Waals surface area contributed by atoms with E-state index in [4.69, 9.17) is 4.74 Å². The predicted molar refractivity (Wildman–Crippen MR) is 112 cm³/mol. The first kappa shape index (κ1) is 19.8. The van der Waals surface area contributed by atoms with Crippen LogP contribution in [0.3, 0.4) is 0 Å². The number of methoxy groups -OCH3 is 1. The Bertz CT molecular complexity index is 1340. The summed E-state index contributed by atoms with van der Waals surface area (Å²) >= 11 is 0. The number of pyridine rings is 1. The van der Waals surface area contributed by atoms with Gasteiger partial charge in [-0.3, -0.25) is 4.40 Å². The molecule has 7 nitrogen and oxygen atoms in total. The quantitative estimate of drug-likeness (QED) is 0.507. The molecular weight excluding hydrogens is 407 g/mol. The standard InChI is InChI=1S/C21H19FN4O3S/c1-29-19-8-4-7-18(22)17(19)12-23-20-10-9-16(21-25-24-13-26(20)21)14-5-3-6-15(11-14)30(2,27)28/h3-11,13,23H,12H2,1-2H3. The van der Waals surface area contributed by atoms with Crippen molar-refractivity contribution in [1.29, 1.82) is 0 Å². The molecule has 0 bridgehead atoms. The highest BCUT2D eigenvalue weighted by Gasteiger charge is 2.14. The molecule has 0 amide bonds. The second kappa shape index (κ2) is 7.75. The van der Waals surface area contributed by atoms with Gasteiger partial charge in [0, 0.05) is 23.9 Å². The largest absolute Gasteiger partial charge is 0.496 e. The van der Waals surface area contributed by atoms with Gasteiger partial charge >= 0.3 is 0 Å². The molecule has 2 heterocycles. The summed E-state index contributed by atoms with van der Waals surface area (Å²) in [5.74, 6) is 0.746. The lowest BCUT2D eigenvalue weighted by molar-refractivity contribution is 0.405. The van der Waals surface area contributed by atoms with Crippen LogP contribution in [0.1, 0.15) is 5.56 Å². The minimum atomic E-state index is -3.33. The summed E-state index contributed by atoms with van der Waals surface area (Å²) in [6.45, 7) is 0.200. The molecule has 0 saturated carbocycles. The highest BCUT2D eigenvalue weighted by Crippen LogP contribution is 2.29. The molecule has 0 aliphatic heterocycles. The molecular formula is C21H19FN4O3S. The van der Waals surface area contributed by atoms with Crippen LogP contribution < -0.4 is 10.1 Å². The van der Waals surface area contributed by atoms with Crippen LogP contribution in [0.2, 0.25) is 0 Å². The zero-order valence-electron chi connectivity index (χ0n) is 16.3. The van der Waals surface area contributed by atoms with E-state index in [-0.39, 0.29) is 17.3 Å². The van der Waals surface area contributed by atoms with Crippen LogP contribution in [-0.2, 0) is 16.4 Å². The highest BCUT2D eigenvalue weighted by molar-refractivity contribution is 7.90. The number of sulfone groups is 1. The minimum Gasteiger partial charge on any atom is -0.496 e. The van der Waals surface area contributed by atoms with Crippen LogP contribution in [0.4, 0.5) is 10.2 Å². The van der Waals surface area contributed by atoms with Gasteiger partial charge in [-0.25, -0.2) is 12.8 Å². The van der Waals surface area contributed by atoms with Crippen molar-refractivity contribution in [3.05, 3.63) is 72.3 Å². The van der Waals surface area contributed by atoms with Gasteiger partial charge in [-0.15, -0.1) is 10.2 Å². The van der Waals surface area contributed by atoms with Crippen molar-refractivity contribution < 1.29 is 17.5 Å². The van der Waals surface area contributed by atoms with Crippen LogP contribution in [0, 0.1) is 5.82 Å². The molecule has 2 aromatic carbocycles. The molecule has 4 rings (SSSR count). The molecule has 0 aliphatic rings. The van der Waals surface area contributed by atoms with Crippen LogP contribution in [0.15, 0.2) is 65.8 Å². The lowest BCUT2D eigenvalue weighted by atomic mass is 10.1. The van der Waals surface area contributed by atoms with Gasteiger partial charge in [-0.2, -0.15) is 0 Å². The smallest absolute Gasteiger partial charge is 0.175 e. The van der Waals surface area contributed by atoms with Crippen molar-refractivity contribution in [2.75, 3.05) is 18.7 Å². The highest BCUT2D eigenvalue weighted by atomic mass is 32.2. The molecule has 0 spiro atoms. The molecule has 0 atom stereocenters. The van der Waals surface area contributed by atoms with Crippen molar-refractivity contribution in [1.82, 2.24) is 14.6 Å². The molecule has 154 valence electrons. The van der Waals surface area contributed by atoms with Gasteiger partial charge in [0.05, 0.1) is 12.0 Å². The molecule has 4 aromatic rings. The number of hydrogen-bond acceptors (Lipinski definition) is 6. The number of fused-ring (bicyclic) bond motifs is 1. The van der Waals surface area contributed by atoms with Crippen molar-refractivity contribution in [2.45, 2.75) is 11.4 Å². The van der Waals surface area contributed by atoms with E-state index in [1.807, 2.05) is 18.2 Å². The van der Waals surface area contributed by atoms with Crippen LogP contribution in [-0.4, -0.2) is 36.4 Å². The fourth-order valence-electron chi connectivity index (χ4n) is 3.26. The molecule has 0 radical (unpaired) electrons. The number of rotatable bonds is 6. The fraction of sp³-hybridized carbons (Fsp3) is 0.143. The summed E-state index contributed by atoms with van der Waals surface area (Å²) in [6, 6.07) is 15.0. The monoisotopic (exact) mass is 426 g/mol. The number of halogens is 1. The number of aromatic nitrogens is 3. The van der Waals surface area contributed by atoms with E-state index in [1.54, 1.807) is 41.1 Å². The van der Waals surface area contributed by atoms with Gasteiger partial charge in [0.2, 0.25) is 0 Å².